The van der Waals surface area contributed by atoms with E-state index >= 15 is 0 Å². The van der Waals surface area contributed by atoms with Gasteiger partial charge in [0.15, 0.2) is 0 Å². The number of nitrogens with zero attached hydrogens (tertiary/aromatic N) is 2. The van der Waals surface area contributed by atoms with Crippen molar-refractivity contribution in [1.82, 2.24) is 9.55 Å². The van der Waals surface area contributed by atoms with E-state index < -0.39 is 0 Å². The number of imidazole rings is 1. The molecule has 2 aromatic rings. The van der Waals surface area contributed by atoms with Gasteiger partial charge in [-0.2, -0.15) is 0 Å². The minimum atomic E-state index is -0.0719. The standard InChI is InChI=1S/C12H17N3O/c1-15-11-6-4-3-5-10(11)14-12(15)9(13)7-8-16-2/h3-6,9H,7-8,13H2,1-2H3. The van der Waals surface area contributed by atoms with Crippen LogP contribution in [0.5, 0.6) is 0 Å². The first kappa shape index (κ1) is 11.1. The Morgan fingerprint density at radius 2 is 2.19 bits per heavy atom. The maximum atomic E-state index is 6.08. The van der Waals surface area contributed by atoms with Gasteiger partial charge in [-0.1, -0.05) is 12.1 Å². The first-order chi connectivity index (χ1) is 7.74. The average molecular weight is 219 g/mol. The Morgan fingerprint density at radius 3 is 2.88 bits per heavy atom. The molecule has 0 aliphatic carbocycles. The molecule has 0 saturated heterocycles. The predicted molar refractivity (Wildman–Crippen MR) is 64.1 cm³/mol. The largest absolute Gasteiger partial charge is 0.385 e. The average Bonchev–Trinajstić information content (AvgIpc) is 2.64. The number of hydrogen-bond acceptors (Lipinski definition) is 3. The predicted octanol–water partition coefficient (Wildman–Crippen LogP) is 1.61. The lowest BCUT2D eigenvalue weighted by atomic mass is 10.2. The van der Waals surface area contributed by atoms with E-state index in [-0.39, 0.29) is 6.04 Å². The zero-order chi connectivity index (χ0) is 11.5. The zero-order valence-corrected chi connectivity index (χ0v) is 9.68. The molecule has 1 aromatic carbocycles. The molecule has 2 rings (SSSR count). The molecule has 1 heterocycles. The minimum Gasteiger partial charge on any atom is -0.385 e. The summed E-state index contributed by atoms with van der Waals surface area (Å²) in [5, 5.41) is 0. The van der Waals surface area contributed by atoms with Crippen molar-refractivity contribution in [2.75, 3.05) is 13.7 Å². The topological polar surface area (TPSA) is 53.1 Å². The molecule has 0 bridgehead atoms. The molecule has 0 radical (unpaired) electrons. The van der Waals surface area contributed by atoms with Crippen molar-refractivity contribution in [2.24, 2.45) is 12.8 Å². The Hall–Kier alpha value is -1.39. The fourth-order valence-corrected chi connectivity index (χ4v) is 1.87. The Kier molecular flexibility index (Phi) is 3.22. The number of nitrogens with two attached hydrogens (primary N) is 1. The highest BCUT2D eigenvalue weighted by Gasteiger charge is 2.13. The summed E-state index contributed by atoms with van der Waals surface area (Å²) in [6.07, 6.45) is 0.785. The van der Waals surface area contributed by atoms with E-state index in [9.17, 15) is 0 Å². The molecule has 1 atom stereocenters. The third-order valence-electron chi connectivity index (χ3n) is 2.79. The molecule has 4 heteroatoms. The molecule has 86 valence electrons. The van der Waals surface area contributed by atoms with Gasteiger partial charge in [0.2, 0.25) is 0 Å². The van der Waals surface area contributed by atoms with Crippen molar-refractivity contribution in [1.29, 1.82) is 0 Å². The summed E-state index contributed by atoms with van der Waals surface area (Å²) in [7, 11) is 3.68. The van der Waals surface area contributed by atoms with Crippen molar-refractivity contribution in [3.8, 4) is 0 Å². The smallest absolute Gasteiger partial charge is 0.126 e. The van der Waals surface area contributed by atoms with Crippen LogP contribution in [0.4, 0.5) is 0 Å². The van der Waals surface area contributed by atoms with E-state index in [0.717, 1.165) is 23.3 Å². The molecular formula is C12H17N3O. The monoisotopic (exact) mass is 219 g/mol. The Balaban J connectivity index is 2.33. The third-order valence-corrected chi connectivity index (χ3v) is 2.79. The first-order valence-electron chi connectivity index (χ1n) is 5.40. The van der Waals surface area contributed by atoms with Gasteiger partial charge in [-0.05, 0) is 18.6 Å². The first-order valence-corrected chi connectivity index (χ1v) is 5.40. The fourth-order valence-electron chi connectivity index (χ4n) is 1.87. The number of rotatable bonds is 4. The summed E-state index contributed by atoms with van der Waals surface area (Å²) in [4.78, 5) is 4.55. The summed E-state index contributed by atoms with van der Waals surface area (Å²) < 4.78 is 7.08. The summed E-state index contributed by atoms with van der Waals surface area (Å²) in [6.45, 7) is 0.657. The third kappa shape index (κ3) is 1.94. The van der Waals surface area contributed by atoms with Gasteiger partial charge in [0.05, 0.1) is 17.1 Å². The number of hydrogen-bond donors (Lipinski definition) is 1. The van der Waals surface area contributed by atoms with Gasteiger partial charge >= 0.3 is 0 Å². The molecule has 0 amide bonds. The maximum absolute atomic E-state index is 6.08. The Labute approximate surface area is 95.0 Å². The van der Waals surface area contributed by atoms with E-state index in [1.165, 1.54) is 0 Å². The van der Waals surface area contributed by atoms with Crippen LogP contribution in [0.15, 0.2) is 24.3 Å². The molecule has 16 heavy (non-hydrogen) atoms. The highest BCUT2D eigenvalue weighted by molar-refractivity contribution is 5.75. The lowest BCUT2D eigenvalue weighted by Crippen LogP contribution is -2.17. The van der Waals surface area contributed by atoms with E-state index in [2.05, 4.69) is 15.6 Å². The van der Waals surface area contributed by atoms with E-state index in [0.29, 0.717) is 6.61 Å². The second-order valence-corrected chi connectivity index (χ2v) is 3.91. The van der Waals surface area contributed by atoms with Crippen molar-refractivity contribution in [3.63, 3.8) is 0 Å². The number of aromatic nitrogens is 2. The quantitative estimate of drug-likeness (QED) is 0.850. The van der Waals surface area contributed by atoms with Crippen LogP contribution in [-0.2, 0) is 11.8 Å². The molecule has 1 unspecified atom stereocenters. The number of aryl methyl sites for hydroxylation is 1. The number of methoxy groups -OCH3 is 1. The highest BCUT2D eigenvalue weighted by atomic mass is 16.5. The molecule has 0 spiro atoms. The number of para-hydroxylation sites is 2. The molecule has 4 nitrogen and oxygen atoms in total. The fraction of sp³-hybridized carbons (Fsp3) is 0.417. The summed E-state index contributed by atoms with van der Waals surface area (Å²) in [6, 6.07) is 7.97. The molecule has 0 aliphatic heterocycles. The molecule has 0 fully saturated rings. The molecule has 0 aliphatic rings. The summed E-state index contributed by atoms with van der Waals surface area (Å²) >= 11 is 0. The SMILES string of the molecule is COCCC(N)c1nc2ccccc2n1C. The van der Waals surface area contributed by atoms with Gasteiger partial charge in [-0.3, -0.25) is 0 Å². The Morgan fingerprint density at radius 1 is 1.44 bits per heavy atom. The zero-order valence-electron chi connectivity index (χ0n) is 9.68. The second kappa shape index (κ2) is 4.63. The van der Waals surface area contributed by atoms with Gasteiger partial charge in [-0.25, -0.2) is 4.98 Å². The van der Waals surface area contributed by atoms with Crippen LogP contribution >= 0.6 is 0 Å². The van der Waals surface area contributed by atoms with Gasteiger partial charge in [0.25, 0.3) is 0 Å². The maximum Gasteiger partial charge on any atom is 0.126 e. The summed E-state index contributed by atoms with van der Waals surface area (Å²) in [5.74, 6) is 0.915. The van der Waals surface area contributed by atoms with Crippen LogP contribution in [0.3, 0.4) is 0 Å². The molecule has 2 N–H and O–H groups in total. The second-order valence-electron chi connectivity index (χ2n) is 3.91. The van der Waals surface area contributed by atoms with Crippen LogP contribution < -0.4 is 5.73 Å². The van der Waals surface area contributed by atoms with Crippen LogP contribution in [0.1, 0.15) is 18.3 Å². The number of ether oxygens (including phenoxy) is 1. The lowest BCUT2D eigenvalue weighted by molar-refractivity contribution is 0.187. The van der Waals surface area contributed by atoms with Crippen molar-refractivity contribution in [3.05, 3.63) is 30.1 Å². The van der Waals surface area contributed by atoms with Gasteiger partial charge < -0.3 is 15.0 Å². The van der Waals surface area contributed by atoms with E-state index in [1.54, 1.807) is 7.11 Å². The molecule has 0 saturated carbocycles. The lowest BCUT2D eigenvalue weighted by Gasteiger charge is -2.10. The van der Waals surface area contributed by atoms with E-state index in [4.69, 9.17) is 10.5 Å². The minimum absolute atomic E-state index is 0.0719. The number of benzene rings is 1. The van der Waals surface area contributed by atoms with Crippen LogP contribution in [-0.4, -0.2) is 23.3 Å². The molecule has 1 aromatic heterocycles. The van der Waals surface area contributed by atoms with Crippen LogP contribution in [0.2, 0.25) is 0 Å². The van der Waals surface area contributed by atoms with Crippen molar-refractivity contribution < 1.29 is 4.74 Å². The molecular weight excluding hydrogens is 202 g/mol. The Bertz CT molecular complexity index is 478. The van der Waals surface area contributed by atoms with Crippen molar-refractivity contribution in [2.45, 2.75) is 12.5 Å². The summed E-state index contributed by atoms with van der Waals surface area (Å²) in [5.41, 5.74) is 8.19. The van der Waals surface area contributed by atoms with E-state index in [1.807, 2.05) is 25.2 Å². The van der Waals surface area contributed by atoms with Gasteiger partial charge in [0.1, 0.15) is 5.82 Å². The van der Waals surface area contributed by atoms with Crippen molar-refractivity contribution >= 4 is 11.0 Å². The normalized spacial score (nSPS) is 13.2. The van der Waals surface area contributed by atoms with Crippen LogP contribution in [0.25, 0.3) is 11.0 Å². The van der Waals surface area contributed by atoms with Gasteiger partial charge in [0, 0.05) is 20.8 Å². The number of fused-ring (bicyclic) bond motifs is 1. The highest BCUT2D eigenvalue weighted by Crippen LogP contribution is 2.19. The van der Waals surface area contributed by atoms with Crippen LogP contribution in [0, 0.1) is 0 Å². The van der Waals surface area contributed by atoms with Gasteiger partial charge in [-0.15, -0.1) is 0 Å².